The molecule has 112 valence electrons. The van der Waals surface area contributed by atoms with Crippen molar-refractivity contribution >= 4 is 5.97 Å². The van der Waals surface area contributed by atoms with Crippen LogP contribution >= 0.6 is 0 Å². The van der Waals surface area contributed by atoms with E-state index in [-0.39, 0.29) is 5.41 Å². The van der Waals surface area contributed by atoms with Gasteiger partial charge in [0.15, 0.2) is 0 Å². The van der Waals surface area contributed by atoms with E-state index in [1.807, 2.05) is 37.4 Å². The molecule has 0 saturated heterocycles. The second-order valence-corrected chi connectivity index (χ2v) is 6.96. The average molecular weight is 277 g/mol. The maximum Gasteiger partial charge on any atom is 0.315 e. The van der Waals surface area contributed by atoms with Gasteiger partial charge in [-0.25, -0.2) is 0 Å². The van der Waals surface area contributed by atoms with Crippen LogP contribution in [0.3, 0.4) is 0 Å². The molecule has 0 heterocycles. The number of rotatable bonds is 5. The molecule has 2 atom stereocenters. The van der Waals surface area contributed by atoms with Gasteiger partial charge in [0.25, 0.3) is 0 Å². The SMILES string of the molecule is CC(N(C)CC(C)(C(=O)O)c1ccccc1)C(C)(C)C. The minimum atomic E-state index is -0.893. The summed E-state index contributed by atoms with van der Waals surface area (Å²) >= 11 is 0. The maximum absolute atomic E-state index is 11.8. The molecule has 0 spiro atoms. The lowest BCUT2D eigenvalue weighted by Crippen LogP contribution is -2.49. The van der Waals surface area contributed by atoms with Crippen molar-refractivity contribution < 1.29 is 9.90 Å². The molecule has 2 unspecified atom stereocenters. The molecule has 1 N–H and O–H groups in total. The normalized spacial score (nSPS) is 16.8. The van der Waals surface area contributed by atoms with E-state index < -0.39 is 11.4 Å². The van der Waals surface area contributed by atoms with E-state index in [9.17, 15) is 9.90 Å². The van der Waals surface area contributed by atoms with Crippen molar-refractivity contribution in [1.29, 1.82) is 0 Å². The molecule has 0 aliphatic carbocycles. The quantitative estimate of drug-likeness (QED) is 0.896. The lowest BCUT2D eigenvalue weighted by molar-refractivity contribution is -0.144. The van der Waals surface area contributed by atoms with Crippen LogP contribution in [-0.4, -0.2) is 35.6 Å². The highest BCUT2D eigenvalue weighted by molar-refractivity contribution is 5.81. The fraction of sp³-hybridized carbons (Fsp3) is 0.588. The summed E-state index contributed by atoms with van der Waals surface area (Å²) in [6, 6.07) is 9.78. The first-order valence-electron chi connectivity index (χ1n) is 7.08. The molecule has 3 heteroatoms. The number of carbonyl (C=O) groups is 1. The summed E-state index contributed by atoms with van der Waals surface area (Å²) in [5.41, 5.74) is 0.0702. The fourth-order valence-electron chi connectivity index (χ4n) is 2.39. The van der Waals surface area contributed by atoms with Crippen LogP contribution in [0, 0.1) is 5.41 Å². The fourth-order valence-corrected chi connectivity index (χ4v) is 2.39. The second-order valence-electron chi connectivity index (χ2n) is 6.96. The molecule has 20 heavy (non-hydrogen) atoms. The van der Waals surface area contributed by atoms with Crippen molar-refractivity contribution in [3.05, 3.63) is 35.9 Å². The van der Waals surface area contributed by atoms with E-state index in [1.165, 1.54) is 0 Å². The third-order valence-electron chi connectivity index (χ3n) is 4.36. The summed E-state index contributed by atoms with van der Waals surface area (Å²) < 4.78 is 0. The zero-order valence-corrected chi connectivity index (χ0v) is 13.5. The monoisotopic (exact) mass is 277 g/mol. The lowest BCUT2D eigenvalue weighted by atomic mass is 9.80. The number of carboxylic acid groups (broad SMARTS) is 1. The molecule has 0 aliphatic rings. The van der Waals surface area contributed by atoms with Gasteiger partial charge in [-0.15, -0.1) is 0 Å². The first-order valence-corrected chi connectivity index (χ1v) is 7.08. The van der Waals surface area contributed by atoms with Gasteiger partial charge >= 0.3 is 5.97 Å². The Kier molecular flexibility index (Phi) is 4.98. The van der Waals surface area contributed by atoms with E-state index in [2.05, 4.69) is 32.6 Å². The number of hydrogen-bond donors (Lipinski definition) is 1. The Balaban J connectivity index is 3.03. The second kappa shape index (κ2) is 5.96. The molecule has 3 nitrogen and oxygen atoms in total. The number of benzene rings is 1. The minimum absolute atomic E-state index is 0.116. The molecule has 0 radical (unpaired) electrons. The predicted molar refractivity (Wildman–Crippen MR) is 83.0 cm³/mol. The zero-order chi connectivity index (χ0) is 15.6. The smallest absolute Gasteiger partial charge is 0.315 e. The van der Waals surface area contributed by atoms with Crippen molar-refractivity contribution in [3.8, 4) is 0 Å². The molecule has 0 bridgehead atoms. The summed E-state index contributed by atoms with van der Waals surface area (Å²) in [5.74, 6) is -0.781. The summed E-state index contributed by atoms with van der Waals surface area (Å²) in [6.07, 6.45) is 0. The number of carboxylic acids is 1. The third kappa shape index (κ3) is 3.60. The summed E-state index contributed by atoms with van der Waals surface area (Å²) in [5, 5.41) is 9.69. The van der Waals surface area contributed by atoms with Crippen LogP contribution in [-0.2, 0) is 10.2 Å². The van der Waals surface area contributed by atoms with Crippen molar-refractivity contribution in [1.82, 2.24) is 4.90 Å². The Bertz CT molecular complexity index is 450. The Morgan fingerprint density at radius 1 is 1.20 bits per heavy atom. The first kappa shape index (κ1) is 16.7. The summed E-state index contributed by atoms with van der Waals surface area (Å²) in [6.45, 7) is 11.0. The van der Waals surface area contributed by atoms with E-state index in [0.717, 1.165) is 5.56 Å². The van der Waals surface area contributed by atoms with Gasteiger partial charge in [-0.2, -0.15) is 0 Å². The third-order valence-corrected chi connectivity index (χ3v) is 4.36. The van der Waals surface area contributed by atoms with Gasteiger partial charge in [0.05, 0.1) is 0 Å². The van der Waals surface area contributed by atoms with E-state index in [0.29, 0.717) is 12.6 Å². The number of nitrogens with zero attached hydrogens (tertiary/aromatic N) is 1. The van der Waals surface area contributed by atoms with E-state index in [4.69, 9.17) is 0 Å². The molecular formula is C17H27NO2. The van der Waals surface area contributed by atoms with Crippen LogP contribution in [0.1, 0.15) is 40.2 Å². The highest BCUT2D eigenvalue weighted by Gasteiger charge is 2.38. The molecule has 0 aromatic heterocycles. The average Bonchev–Trinajstić information content (AvgIpc) is 2.37. The van der Waals surface area contributed by atoms with Gasteiger partial charge in [0.1, 0.15) is 5.41 Å². The van der Waals surface area contributed by atoms with Crippen LogP contribution in [0.15, 0.2) is 30.3 Å². The molecule has 0 aliphatic heterocycles. The van der Waals surface area contributed by atoms with E-state index >= 15 is 0 Å². The molecule has 1 aromatic carbocycles. The zero-order valence-electron chi connectivity index (χ0n) is 13.5. The number of aliphatic carboxylic acids is 1. The largest absolute Gasteiger partial charge is 0.481 e. The van der Waals surface area contributed by atoms with Crippen LogP contribution in [0.25, 0.3) is 0 Å². The van der Waals surface area contributed by atoms with Crippen LogP contribution < -0.4 is 0 Å². The van der Waals surface area contributed by atoms with Gasteiger partial charge in [0, 0.05) is 12.6 Å². The van der Waals surface area contributed by atoms with Gasteiger partial charge in [-0.05, 0) is 31.9 Å². The maximum atomic E-state index is 11.8. The van der Waals surface area contributed by atoms with Gasteiger partial charge in [0.2, 0.25) is 0 Å². The van der Waals surface area contributed by atoms with E-state index in [1.54, 1.807) is 6.92 Å². The van der Waals surface area contributed by atoms with Gasteiger partial charge in [-0.3, -0.25) is 4.79 Å². The molecule has 0 saturated carbocycles. The molecule has 0 fully saturated rings. The topological polar surface area (TPSA) is 40.5 Å². The van der Waals surface area contributed by atoms with Gasteiger partial charge in [-0.1, -0.05) is 51.1 Å². The standard InChI is InChI=1S/C17H27NO2/c1-13(16(2,3)4)18(6)12-17(5,15(19)20)14-10-8-7-9-11-14/h7-11,13H,12H2,1-6H3,(H,19,20). The first-order chi connectivity index (χ1) is 9.09. The minimum Gasteiger partial charge on any atom is -0.481 e. The highest BCUT2D eigenvalue weighted by Crippen LogP contribution is 2.29. The molecular weight excluding hydrogens is 250 g/mol. The summed E-state index contributed by atoms with van der Waals surface area (Å²) in [7, 11) is 2.00. The van der Waals surface area contributed by atoms with Crippen LogP contribution in [0.4, 0.5) is 0 Å². The molecule has 1 aromatic rings. The molecule has 0 amide bonds. The van der Waals surface area contributed by atoms with Crippen LogP contribution in [0.2, 0.25) is 0 Å². The van der Waals surface area contributed by atoms with Gasteiger partial charge < -0.3 is 10.0 Å². The highest BCUT2D eigenvalue weighted by atomic mass is 16.4. The molecule has 1 rings (SSSR count). The Morgan fingerprint density at radius 3 is 2.10 bits per heavy atom. The predicted octanol–water partition coefficient (Wildman–Crippen LogP) is 3.40. The lowest BCUT2D eigenvalue weighted by Gasteiger charge is -2.39. The van der Waals surface area contributed by atoms with Crippen molar-refractivity contribution in [2.45, 2.75) is 46.1 Å². The number of likely N-dealkylation sites (N-methyl/N-ethyl adjacent to an activating group) is 1. The number of hydrogen-bond acceptors (Lipinski definition) is 2. The Morgan fingerprint density at radius 2 is 1.70 bits per heavy atom. The van der Waals surface area contributed by atoms with Crippen LogP contribution in [0.5, 0.6) is 0 Å². The van der Waals surface area contributed by atoms with Crippen molar-refractivity contribution in [2.24, 2.45) is 5.41 Å². The Labute approximate surface area is 122 Å². The van der Waals surface area contributed by atoms with Crippen molar-refractivity contribution in [2.75, 3.05) is 13.6 Å². The Hall–Kier alpha value is -1.35. The van der Waals surface area contributed by atoms with Crippen molar-refractivity contribution in [3.63, 3.8) is 0 Å². The summed E-state index contributed by atoms with van der Waals surface area (Å²) in [4.78, 5) is 13.9.